The van der Waals surface area contributed by atoms with E-state index >= 15 is 0 Å². The first kappa shape index (κ1) is 15.8. The Morgan fingerprint density at radius 2 is 2.08 bits per heavy atom. The van der Waals surface area contributed by atoms with Crippen LogP contribution in [0.2, 0.25) is 0 Å². The van der Waals surface area contributed by atoms with Crippen LogP contribution in [0.3, 0.4) is 0 Å². The minimum atomic E-state index is 0.0997. The van der Waals surface area contributed by atoms with E-state index in [2.05, 4.69) is 25.8 Å². The molecule has 0 atom stereocenters. The van der Waals surface area contributed by atoms with E-state index in [1.165, 1.54) is 0 Å². The SMILES string of the molecule is CCOc1cc(C=NNc2nn3cnnc3c3ccccc23)ccc1O. The van der Waals surface area contributed by atoms with Crippen LogP contribution in [0.15, 0.2) is 53.9 Å². The van der Waals surface area contributed by atoms with Gasteiger partial charge in [0.05, 0.1) is 12.8 Å². The third-order valence-electron chi connectivity index (χ3n) is 3.83. The summed E-state index contributed by atoms with van der Waals surface area (Å²) in [6.45, 7) is 2.33. The summed E-state index contributed by atoms with van der Waals surface area (Å²) in [5.41, 5.74) is 4.44. The van der Waals surface area contributed by atoms with Crippen molar-refractivity contribution in [2.24, 2.45) is 5.10 Å². The minimum absolute atomic E-state index is 0.0997. The van der Waals surface area contributed by atoms with Crippen LogP contribution in [0.5, 0.6) is 11.5 Å². The molecule has 0 aliphatic rings. The van der Waals surface area contributed by atoms with Gasteiger partial charge in [-0.25, -0.2) is 0 Å². The Morgan fingerprint density at radius 1 is 1.23 bits per heavy atom. The molecule has 0 saturated heterocycles. The highest BCUT2D eigenvalue weighted by Crippen LogP contribution is 2.26. The number of aromatic nitrogens is 4. The third kappa shape index (κ3) is 2.88. The normalized spacial score (nSPS) is 11.4. The van der Waals surface area contributed by atoms with Gasteiger partial charge in [0.1, 0.15) is 6.33 Å². The largest absolute Gasteiger partial charge is 0.504 e. The lowest BCUT2D eigenvalue weighted by molar-refractivity contribution is 0.318. The summed E-state index contributed by atoms with van der Waals surface area (Å²) < 4.78 is 6.98. The van der Waals surface area contributed by atoms with Gasteiger partial charge in [0.2, 0.25) is 0 Å². The molecule has 2 aromatic carbocycles. The van der Waals surface area contributed by atoms with E-state index in [4.69, 9.17) is 4.74 Å². The summed E-state index contributed by atoms with van der Waals surface area (Å²) >= 11 is 0. The number of fused-ring (bicyclic) bond motifs is 3. The van der Waals surface area contributed by atoms with Crippen molar-refractivity contribution in [1.29, 1.82) is 0 Å². The first-order valence-corrected chi connectivity index (χ1v) is 8.10. The van der Waals surface area contributed by atoms with Crippen molar-refractivity contribution in [2.45, 2.75) is 6.92 Å². The van der Waals surface area contributed by atoms with Gasteiger partial charge in [-0.1, -0.05) is 24.3 Å². The number of phenols is 1. The number of hydrogen-bond donors (Lipinski definition) is 2. The molecule has 0 aliphatic heterocycles. The van der Waals surface area contributed by atoms with Crippen LogP contribution < -0.4 is 10.2 Å². The molecule has 4 rings (SSSR count). The Bertz CT molecular complexity index is 1110. The number of anilines is 1. The summed E-state index contributed by atoms with van der Waals surface area (Å²) in [4.78, 5) is 0. The van der Waals surface area contributed by atoms with E-state index < -0.39 is 0 Å². The van der Waals surface area contributed by atoms with E-state index in [0.717, 1.165) is 16.3 Å². The predicted octanol–water partition coefficient (Wildman–Crippen LogP) is 2.83. The van der Waals surface area contributed by atoms with Crippen molar-refractivity contribution in [3.8, 4) is 11.5 Å². The molecule has 26 heavy (non-hydrogen) atoms. The van der Waals surface area contributed by atoms with Gasteiger partial charge in [0, 0.05) is 10.8 Å². The van der Waals surface area contributed by atoms with Crippen LogP contribution in [0, 0.1) is 0 Å². The van der Waals surface area contributed by atoms with Crippen molar-refractivity contribution in [3.63, 3.8) is 0 Å². The van der Waals surface area contributed by atoms with Crippen molar-refractivity contribution in [1.82, 2.24) is 19.8 Å². The second kappa shape index (κ2) is 6.67. The first-order chi connectivity index (χ1) is 12.8. The third-order valence-corrected chi connectivity index (χ3v) is 3.83. The van der Waals surface area contributed by atoms with Gasteiger partial charge in [0.15, 0.2) is 23.0 Å². The molecular formula is C18H16N6O2. The molecule has 0 spiro atoms. The van der Waals surface area contributed by atoms with Crippen molar-refractivity contribution < 1.29 is 9.84 Å². The zero-order valence-electron chi connectivity index (χ0n) is 14.0. The molecule has 0 bridgehead atoms. The fraction of sp³-hybridized carbons (Fsp3) is 0.111. The number of benzene rings is 2. The highest BCUT2D eigenvalue weighted by atomic mass is 16.5. The Labute approximate surface area is 148 Å². The van der Waals surface area contributed by atoms with Gasteiger partial charge in [-0.2, -0.15) is 9.62 Å². The van der Waals surface area contributed by atoms with Crippen molar-refractivity contribution in [3.05, 3.63) is 54.4 Å². The Hall–Kier alpha value is -3.68. The molecule has 0 unspecified atom stereocenters. The summed E-state index contributed by atoms with van der Waals surface area (Å²) in [5.74, 6) is 1.11. The summed E-state index contributed by atoms with van der Waals surface area (Å²) in [5, 5.41) is 28.3. The Morgan fingerprint density at radius 3 is 2.92 bits per heavy atom. The predicted molar refractivity (Wildman–Crippen MR) is 98.8 cm³/mol. The molecule has 130 valence electrons. The molecule has 2 aromatic heterocycles. The van der Waals surface area contributed by atoms with Crippen LogP contribution in [0.1, 0.15) is 12.5 Å². The zero-order valence-corrected chi connectivity index (χ0v) is 14.0. The van der Waals surface area contributed by atoms with E-state index in [0.29, 0.717) is 23.8 Å². The zero-order chi connectivity index (χ0) is 17.9. The fourth-order valence-corrected chi connectivity index (χ4v) is 2.66. The number of phenolic OH excluding ortho intramolecular Hbond substituents is 1. The van der Waals surface area contributed by atoms with E-state index in [-0.39, 0.29) is 5.75 Å². The summed E-state index contributed by atoms with van der Waals surface area (Å²) in [7, 11) is 0. The number of hydrazone groups is 1. The van der Waals surface area contributed by atoms with Gasteiger partial charge < -0.3 is 9.84 Å². The average molecular weight is 348 g/mol. The van der Waals surface area contributed by atoms with Crippen molar-refractivity contribution >= 4 is 28.5 Å². The summed E-state index contributed by atoms with van der Waals surface area (Å²) in [6, 6.07) is 12.8. The van der Waals surface area contributed by atoms with E-state index in [1.54, 1.807) is 35.3 Å². The quantitative estimate of drug-likeness (QED) is 0.425. The van der Waals surface area contributed by atoms with Crippen LogP contribution in [-0.4, -0.2) is 37.7 Å². The molecule has 2 N–H and O–H groups in total. The van der Waals surface area contributed by atoms with Gasteiger partial charge in [-0.05, 0) is 30.7 Å². The smallest absolute Gasteiger partial charge is 0.185 e. The average Bonchev–Trinajstić information content (AvgIpc) is 3.13. The molecule has 0 saturated carbocycles. The second-order valence-electron chi connectivity index (χ2n) is 5.52. The number of aromatic hydroxyl groups is 1. The Kier molecular flexibility index (Phi) is 4.06. The topological polar surface area (TPSA) is 96.9 Å². The molecule has 0 aliphatic carbocycles. The highest BCUT2D eigenvalue weighted by molar-refractivity contribution is 5.99. The number of rotatable bonds is 5. The lowest BCUT2D eigenvalue weighted by atomic mass is 10.2. The molecule has 0 fully saturated rings. The van der Waals surface area contributed by atoms with Crippen LogP contribution >= 0.6 is 0 Å². The lowest BCUT2D eigenvalue weighted by Gasteiger charge is -2.07. The maximum absolute atomic E-state index is 9.76. The van der Waals surface area contributed by atoms with Gasteiger partial charge in [0.25, 0.3) is 0 Å². The lowest BCUT2D eigenvalue weighted by Crippen LogP contribution is -2.00. The number of hydrogen-bond acceptors (Lipinski definition) is 7. The maximum Gasteiger partial charge on any atom is 0.185 e. The summed E-state index contributed by atoms with van der Waals surface area (Å²) in [6.07, 6.45) is 3.18. The van der Waals surface area contributed by atoms with Gasteiger partial charge >= 0.3 is 0 Å². The second-order valence-corrected chi connectivity index (χ2v) is 5.52. The van der Waals surface area contributed by atoms with Crippen LogP contribution in [0.4, 0.5) is 5.82 Å². The standard InChI is InChI=1S/C18H16N6O2/c1-2-26-16-9-12(7-8-15(16)25)10-19-21-17-13-5-3-4-6-14(13)18-22-20-11-24(18)23-17/h3-11,25H,2H2,1H3,(H,21,23). The fourth-order valence-electron chi connectivity index (χ4n) is 2.66. The minimum Gasteiger partial charge on any atom is -0.504 e. The van der Waals surface area contributed by atoms with Crippen molar-refractivity contribution in [2.75, 3.05) is 12.0 Å². The highest BCUT2D eigenvalue weighted by Gasteiger charge is 2.09. The van der Waals surface area contributed by atoms with Gasteiger partial charge in [-0.15, -0.1) is 15.3 Å². The number of nitrogens with one attached hydrogen (secondary N) is 1. The molecule has 2 heterocycles. The molecule has 0 amide bonds. The maximum atomic E-state index is 9.76. The molecule has 8 nitrogen and oxygen atoms in total. The molecule has 8 heteroatoms. The van der Waals surface area contributed by atoms with Crippen LogP contribution in [-0.2, 0) is 0 Å². The number of ether oxygens (including phenoxy) is 1. The first-order valence-electron chi connectivity index (χ1n) is 8.10. The Balaban J connectivity index is 1.65. The monoisotopic (exact) mass is 348 g/mol. The van der Waals surface area contributed by atoms with Crippen LogP contribution in [0.25, 0.3) is 16.4 Å². The molecular weight excluding hydrogens is 332 g/mol. The van der Waals surface area contributed by atoms with E-state index in [1.807, 2.05) is 31.2 Å². The molecule has 4 aromatic rings. The number of nitrogens with zero attached hydrogens (tertiary/aromatic N) is 5. The molecule has 0 radical (unpaired) electrons. The van der Waals surface area contributed by atoms with E-state index in [9.17, 15) is 5.11 Å². The van der Waals surface area contributed by atoms with Gasteiger partial charge in [-0.3, -0.25) is 5.43 Å².